The number of rotatable bonds is 1. The van der Waals surface area contributed by atoms with Gasteiger partial charge in [-0.15, -0.1) is 0 Å². The molecule has 2 heterocycles. The minimum absolute atomic E-state index is 0.169. The lowest BCUT2D eigenvalue weighted by atomic mass is 9.82. The molecule has 3 atom stereocenters. The van der Waals surface area contributed by atoms with Gasteiger partial charge in [-0.1, -0.05) is 52.3 Å². The number of fused-ring (bicyclic) bond motifs is 5. The van der Waals surface area contributed by atoms with Crippen LogP contribution in [0.15, 0.2) is 48.5 Å². The molecule has 0 radical (unpaired) electrons. The highest BCUT2D eigenvalue weighted by molar-refractivity contribution is 9.09. The van der Waals surface area contributed by atoms with Crippen molar-refractivity contribution in [1.82, 2.24) is 0 Å². The van der Waals surface area contributed by atoms with Crippen molar-refractivity contribution in [3.63, 3.8) is 0 Å². The first kappa shape index (κ1) is 12.4. The zero-order valence-electron chi connectivity index (χ0n) is 11.1. The normalized spacial score (nSPS) is 31.1. The van der Waals surface area contributed by atoms with Crippen LogP contribution in [0.1, 0.15) is 35.6 Å². The van der Waals surface area contributed by atoms with Crippen LogP contribution < -0.4 is 5.73 Å². The zero-order chi connectivity index (χ0) is 13.7. The van der Waals surface area contributed by atoms with Crippen molar-refractivity contribution in [2.75, 3.05) is 5.73 Å². The Morgan fingerprint density at radius 3 is 2.70 bits per heavy atom. The molecule has 2 aliphatic rings. The van der Waals surface area contributed by atoms with Crippen LogP contribution in [0.2, 0.25) is 0 Å². The Balaban J connectivity index is 1.98. The topological polar surface area (TPSA) is 35.2 Å². The van der Waals surface area contributed by atoms with Gasteiger partial charge in [-0.05, 0) is 41.7 Å². The second kappa shape index (κ2) is 4.34. The fraction of sp³-hybridized carbons (Fsp3) is 0.294. The van der Waals surface area contributed by atoms with Crippen molar-refractivity contribution >= 4 is 21.6 Å². The molecule has 2 nitrogen and oxygen atoms in total. The van der Waals surface area contributed by atoms with Crippen molar-refractivity contribution in [3.05, 3.63) is 65.2 Å². The van der Waals surface area contributed by atoms with Gasteiger partial charge in [0.05, 0.1) is 10.9 Å². The molecule has 3 heteroatoms. The van der Waals surface area contributed by atoms with E-state index >= 15 is 0 Å². The van der Waals surface area contributed by atoms with E-state index in [-0.39, 0.29) is 11.7 Å². The fourth-order valence-electron chi connectivity index (χ4n) is 3.59. The van der Waals surface area contributed by atoms with Gasteiger partial charge in [-0.25, -0.2) is 0 Å². The summed E-state index contributed by atoms with van der Waals surface area (Å²) in [5.41, 5.74) is 10.2. The van der Waals surface area contributed by atoms with Gasteiger partial charge in [-0.3, -0.25) is 0 Å². The molecule has 2 bridgehead atoms. The molecular weight excluding hydrogens is 314 g/mol. The average molecular weight is 330 g/mol. The summed E-state index contributed by atoms with van der Waals surface area (Å²) in [6, 6.07) is 16.7. The van der Waals surface area contributed by atoms with E-state index in [9.17, 15) is 0 Å². The first-order chi connectivity index (χ1) is 9.72. The molecule has 0 aromatic heterocycles. The fourth-order valence-corrected chi connectivity index (χ4v) is 4.47. The van der Waals surface area contributed by atoms with Gasteiger partial charge in [0, 0.05) is 5.69 Å². The summed E-state index contributed by atoms with van der Waals surface area (Å²) in [5, 5.41) is 0. The molecule has 2 aromatic rings. The Bertz CT molecular complexity index is 657. The minimum Gasteiger partial charge on any atom is -0.399 e. The van der Waals surface area contributed by atoms with Crippen LogP contribution in [-0.4, -0.2) is 4.83 Å². The standard InChI is InChI=1S/C17H16BrNO/c18-16-9-8-15-13-10-12(19)6-7-14(13)17(16,20-15)11-4-2-1-3-5-11/h1-7,10,15-16H,8-9,19H2/t15-,16-,17-/m1/s1. The van der Waals surface area contributed by atoms with E-state index in [0.717, 1.165) is 18.5 Å². The Kier molecular flexibility index (Phi) is 2.69. The predicted molar refractivity (Wildman–Crippen MR) is 83.9 cm³/mol. The van der Waals surface area contributed by atoms with Crippen molar-refractivity contribution in [1.29, 1.82) is 0 Å². The third-order valence-corrected chi connectivity index (χ3v) is 5.58. The molecule has 0 aliphatic carbocycles. The molecule has 0 spiro atoms. The molecule has 1 saturated heterocycles. The number of hydrogen-bond donors (Lipinski definition) is 1. The summed E-state index contributed by atoms with van der Waals surface area (Å²) in [5.74, 6) is 0. The van der Waals surface area contributed by atoms with Crippen LogP contribution in [0, 0.1) is 0 Å². The van der Waals surface area contributed by atoms with Gasteiger partial charge in [0.2, 0.25) is 0 Å². The summed E-state index contributed by atoms with van der Waals surface area (Å²) < 4.78 is 6.51. The number of nitrogens with two attached hydrogens (primary N) is 1. The van der Waals surface area contributed by atoms with E-state index in [1.807, 2.05) is 12.1 Å². The monoisotopic (exact) mass is 329 g/mol. The van der Waals surface area contributed by atoms with Gasteiger partial charge in [0.25, 0.3) is 0 Å². The van der Waals surface area contributed by atoms with Crippen molar-refractivity contribution in [3.8, 4) is 0 Å². The summed E-state index contributed by atoms with van der Waals surface area (Å²) >= 11 is 3.87. The number of halogens is 1. The molecule has 2 N–H and O–H groups in total. The van der Waals surface area contributed by atoms with E-state index in [2.05, 4.69) is 52.3 Å². The highest BCUT2D eigenvalue weighted by atomic mass is 79.9. The van der Waals surface area contributed by atoms with Crippen LogP contribution in [0.4, 0.5) is 5.69 Å². The maximum atomic E-state index is 6.51. The van der Waals surface area contributed by atoms with Gasteiger partial charge in [0.1, 0.15) is 5.60 Å². The quantitative estimate of drug-likeness (QED) is 0.630. The Hall–Kier alpha value is -1.32. The molecule has 102 valence electrons. The van der Waals surface area contributed by atoms with Crippen molar-refractivity contribution in [2.24, 2.45) is 0 Å². The predicted octanol–water partition coefficient (Wildman–Crippen LogP) is 4.14. The van der Waals surface area contributed by atoms with Gasteiger partial charge >= 0.3 is 0 Å². The minimum atomic E-state index is -0.368. The largest absolute Gasteiger partial charge is 0.399 e. The SMILES string of the molecule is Nc1ccc2c(c1)[C@H]1CC[C@@H](Br)[C@]2(c2ccccc2)O1. The van der Waals surface area contributed by atoms with Crippen LogP contribution in [-0.2, 0) is 10.3 Å². The number of alkyl halides is 1. The van der Waals surface area contributed by atoms with E-state index < -0.39 is 0 Å². The summed E-state index contributed by atoms with van der Waals surface area (Å²) in [6.45, 7) is 0. The molecule has 0 saturated carbocycles. The number of nitrogen functional groups attached to an aromatic ring is 1. The van der Waals surface area contributed by atoms with Crippen LogP contribution in [0.25, 0.3) is 0 Å². The Morgan fingerprint density at radius 1 is 1.10 bits per heavy atom. The van der Waals surface area contributed by atoms with Crippen molar-refractivity contribution < 1.29 is 4.74 Å². The van der Waals surface area contributed by atoms with E-state index in [1.165, 1.54) is 16.7 Å². The Labute approximate surface area is 127 Å². The third-order valence-electron chi connectivity index (χ3n) is 4.48. The van der Waals surface area contributed by atoms with Crippen LogP contribution >= 0.6 is 15.9 Å². The van der Waals surface area contributed by atoms with Crippen LogP contribution in [0.5, 0.6) is 0 Å². The highest BCUT2D eigenvalue weighted by Crippen LogP contribution is 2.57. The average Bonchev–Trinajstić information content (AvgIpc) is 2.75. The molecule has 2 aromatic carbocycles. The first-order valence-electron chi connectivity index (χ1n) is 6.99. The highest BCUT2D eigenvalue weighted by Gasteiger charge is 2.53. The molecule has 2 aliphatic heterocycles. The van der Waals surface area contributed by atoms with E-state index in [4.69, 9.17) is 10.5 Å². The summed E-state index contributed by atoms with van der Waals surface area (Å²) in [7, 11) is 0. The second-order valence-corrected chi connectivity index (χ2v) is 6.71. The van der Waals surface area contributed by atoms with Crippen molar-refractivity contribution in [2.45, 2.75) is 29.4 Å². The third kappa shape index (κ3) is 1.54. The van der Waals surface area contributed by atoms with E-state index in [1.54, 1.807) is 0 Å². The molecule has 0 amide bonds. The number of benzene rings is 2. The number of ether oxygens (including phenoxy) is 1. The molecule has 0 unspecified atom stereocenters. The number of hydrogen-bond acceptors (Lipinski definition) is 2. The smallest absolute Gasteiger partial charge is 0.132 e. The van der Waals surface area contributed by atoms with Gasteiger partial charge in [0.15, 0.2) is 0 Å². The lowest BCUT2D eigenvalue weighted by Gasteiger charge is -2.39. The maximum absolute atomic E-state index is 6.51. The molecule has 1 fully saturated rings. The van der Waals surface area contributed by atoms with E-state index in [0.29, 0.717) is 4.83 Å². The van der Waals surface area contributed by atoms with Crippen LogP contribution in [0.3, 0.4) is 0 Å². The zero-order valence-corrected chi connectivity index (χ0v) is 12.6. The maximum Gasteiger partial charge on any atom is 0.132 e. The van der Waals surface area contributed by atoms with Gasteiger partial charge in [-0.2, -0.15) is 0 Å². The molecule has 20 heavy (non-hydrogen) atoms. The Morgan fingerprint density at radius 2 is 1.90 bits per heavy atom. The van der Waals surface area contributed by atoms with Gasteiger partial charge < -0.3 is 10.5 Å². The molecule has 4 rings (SSSR count). The second-order valence-electron chi connectivity index (χ2n) is 5.60. The lowest BCUT2D eigenvalue weighted by Crippen LogP contribution is -2.39. The lowest BCUT2D eigenvalue weighted by molar-refractivity contribution is -0.0796. The summed E-state index contributed by atoms with van der Waals surface area (Å²) in [6.07, 6.45) is 2.32. The molecular formula is C17H16BrNO. The summed E-state index contributed by atoms with van der Waals surface area (Å²) in [4.78, 5) is 0.290. The first-order valence-corrected chi connectivity index (χ1v) is 7.90. The number of anilines is 1.